The van der Waals surface area contributed by atoms with Crippen LogP contribution in [0.15, 0.2) is 30.3 Å². The van der Waals surface area contributed by atoms with Gasteiger partial charge in [0.2, 0.25) is 12.3 Å². The zero-order valence-electron chi connectivity index (χ0n) is 20.5. The van der Waals surface area contributed by atoms with Crippen LogP contribution in [0.5, 0.6) is 0 Å². The molecule has 180 valence electrons. The molecule has 0 unspecified atom stereocenters. The van der Waals surface area contributed by atoms with Crippen molar-refractivity contribution < 1.29 is 19.6 Å². The Balaban J connectivity index is 2.91. The summed E-state index contributed by atoms with van der Waals surface area (Å²) < 4.78 is 0. The van der Waals surface area contributed by atoms with Gasteiger partial charge >= 0.3 is 0 Å². The molecule has 0 aliphatic heterocycles. The number of nitrogens with one attached hydrogen (secondary N) is 1. The zero-order chi connectivity index (χ0) is 24.3. The number of hydroxylamine groups is 2. The van der Waals surface area contributed by atoms with Crippen molar-refractivity contribution in [2.45, 2.75) is 59.4 Å². The number of benzene rings is 1. The number of likely N-dealkylation sites (N-methyl/N-ethyl adjacent to an activating group) is 1. The highest BCUT2D eigenvalue weighted by Gasteiger charge is 2.37. The lowest BCUT2D eigenvalue weighted by atomic mass is 9.74. The Kier molecular flexibility index (Phi) is 11.6. The molecule has 1 aromatic rings. The van der Waals surface area contributed by atoms with Crippen molar-refractivity contribution in [2.75, 3.05) is 27.2 Å². The summed E-state index contributed by atoms with van der Waals surface area (Å²) in [5, 5.41) is 13.5. The Labute approximate surface area is 193 Å². The lowest BCUT2D eigenvalue weighted by Gasteiger charge is -2.32. The van der Waals surface area contributed by atoms with E-state index in [2.05, 4.69) is 5.32 Å². The average Bonchev–Trinajstić information content (AvgIpc) is 2.73. The SMILES string of the molecule is C[C@@H]([C@@H](CCCc1ccccc1)C(=O)C[C@H](C(=O)NCCN(C)C)C(C)(C)C)N(O)C=O. The summed E-state index contributed by atoms with van der Waals surface area (Å²) in [5.41, 5.74) is 0.773. The smallest absolute Gasteiger partial charge is 0.233 e. The number of Topliss-reactive ketones (excluding diaryl/α,β-unsaturated/α-hetero) is 1. The number of rotatable bonds is 14. The minimum atomic E-state index is -0.659. The van der Waals surface area contributed by atoms with Gasteiger partial charge in [-0.1, -0.05) is 51.1 Å². The number of carbonyl (C=O) groups excluding carboxylic acids is 3. The summed E-state index contributed by atoms with van der Waals surface area (Å²) in [6.07, 6.45) is 2.48. The molecule has 7 nitrogen and oxygen atoms in total. The zero-order valence-corrected chi connectivity index (χ0v) is 20.5. The summed E-state index contributed by atoms with van der Waals surface area (Å²) in [7, 11) is 3.87. The van der Waals surface area contributed by atoms with Crippen LogP contribution in [0, 0.1) is 17.3 Å². The molecule has 0 aliphatic carbocycles. The van der Waals surface area contributed by atoms with E-state index >= 15 is 0 Å². The largest absolute Gasteiger partial charge is 0.355 e. The van der Waals surface area contributed by atoms with Gasteiger partial charge in [0, 0.05) is 31.3 Å². The number of carbonyl (C=O) groups is 3. The van der Waals surface area contributed by atoms with Gasteiger partial charge < -0.3 is 10.2 Å². The van der Waals surface area contributed by atoms with E-state index in [-0.39, 0.29) is 18.1 Å². The van der Waals surface area contributed by atoms with Crippen LogP contribution in [0.4, 0.5) is 0 Å². The van der Waals surface area contributed by atoms with Crippen LogP contribution in [0.1, 0.15) is 52.5 Å². The van der Waals surface area contributed by atoms with E-state index in [1.807, 2.05) is 70.1 Å². The normalized spacial score (nSPS) is 14.5. The van der Waals surface area contributed by atoms with Gasteiger partial charge in [0.25, 0.3) is 0 Å². The van der Waals surface area contributed by atoms with E-state index in [0.29, 0.717) is 31.0 Å². The first-order chi connectivity index (χ1) is 15.0. The van der Waals surface area contributed by atoms with E-state index in [9.17, 15) is 19.6 Å². The fourth-order valence-electron chi connectivity index (χ4n) is 3.79. The average molecular weight is 448 g/mol. The van der Waals surface area contributed by atoms with Crippen LogP contribution >= 0.6 is 0 Å². The van der Waals surface area contributed by atoms with Crippen molar-refractivity contribution in [1.29, 1.82) is 0 Å². The van der Waals surface area contributed by atoms with Crippen LogP contribution in [-0.2, 0) is 20.8 Å². The predicted molar refractivity (Wildman–Crippen MR) is 126 cm³/mol. The summed E-state index contributed by atoms with van der Waals surface area (Å²) in [6, 6.07) is 9.33. The van der Waals surface area contributed by atoms with Crippen molar-refractivity contribution in [3.8, 4) is 0 Å². The van der Waals surface area contributed by atoms with Crippen LogP contribution in [0.3, 0.4) is 0 Å². The topological polar surface area (TPSA) is 90.0 Å². The van der Waals surface area contributed by atoms with E-state index in [0.717, 1.165) is 12.8 Å². The maximum absolute atomic E-state index is 13.3. The molecular weight excluding hydrogens is 406 g/mol. The molecule has 3 atom stereocenters. The van der Waals surface area contributed by atoms with Crippen molar-refractivity contribution in [3.63, 3.8) is 0 Å². The standard InChI is InChI=1S/C25H41N3O4/c1-19(28(32)18-29)21(14-10-13-20-11-8-7-9-12-20)23(30)17-22(25(2,3)4)24(31)26-15-16-27(5)6/h7-9,11-12,18-19,21-22,32H,10,13-17H2,1-6H3,(H,26,31)/t19-,21+,22+/m0/s1. The van der Waals surface area contributed by atoms with Crippen LogP contribution in [-0.4, -0.2) is 66.5 Å². The molecule has 1 aromatic carbocycles. The number of ketones is 1. The second kappa shape index (κ2) is 13.3. The predicted octanol–water partition coefficient (Wildman–Crippen LogP) is 3.16. The molecule has 0 radical (unpaired) electrons. The van der Waals surface area contributed by atoms with Gasteiger partial charge in [-0.2, -0.15) is 0 Å². The van der Waals surface area contributed by atoms with Crippen LogP contribution < -0.4 is 5.32 Å². The minimum absolute atomic E-state index is 0.0737. The van der Waals surface area contributed by atoms with Gasteiger partial charge in [0.15, 0.2) is 0 Å². The summed E-state index contributed by atoms with van der Waals surface area (Å²) in [6.45, 7) is 8.76. The third kappa shape index (κ3) is 9.49. The number of aryl methyl sites for hydroxylation is 1. The Bertz CT molecular complexity index is 716. The first-order valence-corrected chi connectivity index (χ1v) is 11.4. The van der Waals surface area contributed by atoms with Crippen molar-refractivity contribution in [1.82, 2.24) is 15.3 Å². The summed E-state index contributed by atoms with van der Waals surface area (Å²) >= 11 is 0. The molecule has 1 rings (SSSR count). The first-order valence-electron chi connectivity index (χ1n) is 11.4. The quantitative estimate of drug-likeness (QED) is 0.260. The minimum Gasteiger partial charge on any atom is -0.355 e. The number of hydrogen-bond acceptors (Lipinski definition) is 5. The first kappa shape index (κ1) is 27.8. The molecule has 0 heterocycles. The van der Waals surface area contributed by atoms with Gasteiger partial charge in [-0.3, -0.25) is 19.6 Å². The molecule has 2 N–H and O–H groups in total. The highest BCUT2D eigenvalue weighted by Crippen LogP contribution is 2.32. The Morgan fingerprint density at radius 2 is 1.78 bits per heavy atom. The van der Waals surface area contributed by atoms with Gasteiger partial charge in [0.1, 0.15) is 5.78 Å². The number of nitrogens with zero attached hydrogens (tertiary/aromatic N) is 2. The van der Waals surface area contributed by atoms with Crippen LogP contribution in [0.2, 0.25) is 0 Å². The maximum Gasteiger partial charge on any atom is 0.233 e. The highest BCUT2D eigenvalue weighted by atomic mass is 16.5. The van der Waals surface area contributed by atoms with Gasteiger partial charge in [-0.05, 0) is 51.3 Å². The molecule has 32 heavy (non-hydrogen) atoms. The van der Waals surface area contributed by atoms with Gasteiger partial charge in [-0.15, -0.1) is 0 Å². The molecule has 0 fully saturated rings. The third-order valence-corrected chi connectivity index (χ3v) is 5.97. The van der Waals surface area contributed by atoms with Crippen molar-refractivity contribution in [2.24, 2.45) is 17.3 Å². The number of amides is 2. The number of hydrogen-bond donors (Lipinski definition) is 2. The lowest BCUT2D eigenvalue weighted by molar-refractivity contribution is -0.166. The Morgan fingerprint density at radius 1 is 1.16 bits per heavy atom. The highest BCUT2D eigenvalue weighted by molar-refractivity contribution is 5.89. The van der Waals surface area contributed by atoms with Crippen LogP contribution in [0.25, 0.3) is 0 Å². The monoisotopic (exact) mass is 447 g/mol. The maximum atomic E-state index is 13.3. The molecule has 2 amide bonds. The van der Waals surface area contributed by atoms with Gasteiger partial charge in [-0.25, -0.2) is 5.06 Å². The van der Waals surface area contributed by atoms with E-state index in [1.54, 1.807) is 6.92 Å². The molecule has 0 saturated carbocycles. The lowest BCUT2D eigenvalue weighted by Crippen LogP contribution is -2.44. The van der Waals surface area contributed by atoms with E-state index < -0.39 is 23.3 Å². The third-order valence-electron chi connectivity index (χ3n) is 5.97. The molecule has 7 heteroatoms. The Hall–Kier alpha value is -2.25. The second-order valence-corrected chi connectivity index (χ2v) is 9.89. The van der Waals surface area contributed by atoms with E-state index in [4.69, 9.17) is 0 Å². The molecule has 0 spiro atoms. The molecule has 0 aliphatic rings. The van der Waals surface area contributed by atoms with E-state index in [1.165, 1.54) is 5.56 Å². The van der Waals surface area contributed by atoms with Crippen molar-refractivity contribution >= 4 is 18.1 Å². The fraction of sp³-hybridized carbons (Fsp3) is 0.640. The molecule has 0 bridgehead atoms. The van der Waals surface area contributed by atoms with Gasteiger partial charge in [0.05, 0.1) is 6.04 Å². The summed E-state index contributed by atoms with van der Waals surface area (Å²) in [4.78, 5) is 39.4. The molecule has 0 aromatic heterocycles. The Morgan fingerprint density at radius 3 is 2.31 bits per heavy atom. The molecular formula is C25H41N3O4. The molecule has 0 saturated heterocycles. The van der Waals surface area contributed by atoms with Crippen molar-refractivity contribution in [3.05, 3.63) is 35.9 Å². The summed E-state index contributed by atoms with van der Waals surface area (Å²) in [5.74, 6) is -1.29. The fourth-order valence-corrected chi connectivity index (χ4v) is 3.79. The second-order valence-electron chi connectivity index (χ2n) is 9.89.